The average molecular weight is 466 g/mol. The van der Waals surface area contributed by atoms with E-state index < -0.39 is 0 Å². The number of nitrogens with zero attached hydrogens (tertiary/aromatic N) is 2. The quantitative estimate of drug-likeness (QED) is 0.671. The maximum absolute atomic E-state index is 13.6. The van der Waals surface area contributed by atoms with Gasteiger partial charge >= 0.3 is 0 Å². The van der Waals surface area contributed by atoms with E-state index in [1.165, 1.54) is 12.1 Å². The molecule has 1 aromatic heterocycles. The number of benzene rings is 1. The fourth-order valence-electron chi connectivity index (χ4n) is 1.82. The third kappa shape index (κ3) is 4.10. The summed E-state index contributed by atoms with van der Waals surface area (Å²) in [5, 5.41) is 3.19. The Morgan fingerprint density at radius 2 is 2.10 bits per heavy atom. The van der Waals surface area contributed by atoms with Gasteiger partial charge in [-0.3, -0.25) is 0 Å². The molecule has 21 heavy (non-hydrogen) atoms. The van der Waals surface area contributed by atoms with E-state index in [0.29, 0.717) is 22.5 Å². The average Bonchev–Trinajstić information content (AvgIpc) is 2.42. The fourth-order valence-corrected chi connectivity index (χ4v) is 2.88. The number of hydrogen-bond acceptors (Lipinski definition) is 4. The molecule has 0 aliphatic carbocycles. The molecule has 0 bridgehead atoms. The normalized spacial score (nSPS) is 10.7. The second-order valence-corrected chi connectivity index (χ2v) is 6.27. The van der Waals surface area contributed by atoms with Crippen LogP contribution in [-0.2, 0) is 11.3 Å². The molecular formula is C14H14BrFIN3O. The van der Waals surface area contributed by atoms with Crippen LogP contribution < -0.4 is 5.32 Å². The lowest BCUT2D eigenvalue weighted by atomic mass is 10.2. The summed E-state index contributed by atoms with van der Waals surface area (Å²) in [6, 6.07) is 4.61. The zero-order valence-corrected chi connectivity index (χ0v) is 15.3. The number of hydrogen-bond donors (Lipinski definition) is 1. The number of halogens is 3. The first kappa shape index (κ1) is 16.6. The Bertz CT molecular complexity index is 607. The second-order valence-electron chi connectivity index (χ2n) is 4.28. The summed E-state index contributed by atoms with van der Waals surface area (Å²) in [4.78, 5) is 8.97. The van der Waals surface area contributed by atoms with Gasteiger partial charge < -0.3 is 10.1 Å². The predicted octanol–water partition coefficient (Wildman–Crippen LogP) is 4.23. The van der Waals surface area contributed by atoms with E-state index in [0.717, 1.165) is 21.6 Å². The minimum Gasteiger partial charge on any atom is -0.378 e. The molecule has 0 atom stereocenters. The van der Waals surface area contributed by atoms with Crippen LogP contribution in [0.15, 0.2) is 22.7 Å². The van der Waals surface area contributed by atoms with Crippen molar-refractivity contribution in [3.63, 3.8) is 0 Å². The van der Waals surface area contributed by atoms with E-state index in [9.17, 15) is 4.39 Å². The summed E-state index contributed by atoms with van der Waals surface area (Å²) in [5.74, 6) is 0.869. The molecule has 0 aliphatic heterocycles. The highest BCUT2D eigenvalue weighted by Gasteiger charge is 2.14. The number of nitrogens with one attached hydrogen (secondary N) is 1. The molecule has 1 aromatic carbocycles. The van der Waals surface area contributed by atoms with Crippen LogP contribution in [0.3, 0.4) is 0 Å². The Balaban J connectivity index is 2.56. The fraction of sp³-hybridized carbons (Fsp3) is 0.286. The Kier molecular flexibility index (Phi) is 5.88. The van der Waals surface area contributed by atoms with Gasteiger partial charge in [-0.15, -0.1) is 0 Å². The molecule has 7 heteroatoms. The highest BCUT2D eigenvalue weighted by Crippen LogP contribution is 2.27. The second kappa shape index (κ2) is 7.46. The van der Waals surface area contributed by atoms with E-state index in [4.69, 9.17) is 4.74 Å². The van der Waals surface area contributed by atoms with Crippen LogP contribution in [0.25, 0.3) is 11.4 Å². The summed E-state index contributed by atoms with van der Waals surface area (Å²) in [6.45, 7) is 3.11. The van der Waals surface area contributed by atoms with Crippen LogP contribution in [0.4, 0.5) is 10.2 Å². The van der Waals surface area contributed by atoms with Crippen LogP contribution in [0, 0.1) is 9.39 Å². The maximum Gasteiger partial charge on any atom is 0.162 e. The van der Waals surface area contributed by atoms with E-state index >= 15 is 0 Å². The Morgan fingerprint density at radius 1 is 1.33 bits per heavy atom. The van der Waals surface area contributed by atoms with Gasteiger partial charge in [0.15, 0.2) is 5.82 Å². The standard InChI is InChI=1S/C14H14BrFIN3O/c1-3-18-14-12(17)11(7-21-2)19-13(20-14)8-4-9(15)6-10(16)5-8/h4-6H,3,7H2,1-2H3,(H,18,19,20). The van der Waals surface area contributed by atoms with Crippen molar-refractivity contribution < 1.29 is 9.13 Å². The molecule has 0 saturated heterocycles. The van der Waals surface area contributed by atoms with Crippen LogP contribution in [0.5, 0.6) is 0 Å². The van der Waals surface area contributed by atoms with Crippen LogP contribution in [0.1, 0.15) is 12.6 Å². The van der Waals surface area contributed by atoms with Crippen molar-refractivity contribution in [3.05, 3.63) is 37.8 Å². The zero-order valence-electron chi connectivity index (χ0n) is 11.6. The van der Waals surface area contributed by atoms with Crippen molar-refractivity contribution in [1.82, 2.24) is 9.97 Å². The zero-order chi connectivity index (χ0) is 15.4. The molecule has 1 heterocycles. The first-order chi connectivity index (χ1) is 10.0. The Hall–Kier alpha value is -0.800. The highest BCUT2D eigenvalue weighted by atomic mass is 127. The minimum absolute atomic E-state index is 0.334. The minimum atomic E-state index is -0.334. The van der Waals surface area contributed by atoms with Crippen molar-refractivity contribution in [1.29, 1.82) is 0 Å². The Morgan fingerprint density at radius 3 is 2.71 bits per heavy atom. The van der Waals surface area contributed by atoms with Gasteiger partial charge in [-0.25, -0.2) is 14.4 Å². The van der Waals surface area contributed by atoms with Crippen LogP contribution in [0.2, 0.25) is 0 Å². The third-order valence-corrected chi connectivity index (χ3v) is 4.26. The van der Waals surface area contributed by atoms with Gasteiger partial charge in [-0.2, -0.15) is 0 Å². The van der Waals surface area contributed by atoms with Gasteiger partial charge in [0, 0.05) is 23.7 Å². The maximum atomic E-state index is 13.6. The van der Waals surface area contributed by atoms with E-state index in [1.54, 1.807) is 13.2 Å². The number of rotatable bonds is 5. The van der Waals surface area contributed by atoms with Gasteiger partial charge in [-0.05, 0) is 47.7 Å². The molecule has 0 radical (unpaired) electrons. The topological polar surface area (TPSA) is 47.0 Å². The number of methoxy groups -OCH3 is 1. The molecule has 0 amide bonds. The molecule has 4 nitrogen and oxygen atoms in total. The van der Waals surface area contributed by atoms with Gasteiger partial charge in [-0.1, -0.05) is 15.9 Å². The third-order valence-electron chi connectivity index (χ3n) is 2.67. The SMILES string of the molecule is CCNc1nc(-c2cc(F)cc(Br)c2)nc(COC)c1I. The summed E-state index contributed by atoms with van der Waals surface area (Å²) in [7, 11) is 1.61. The first-order valence-electron chi connectivity index (χ1n) is 6.30. The molecule has 112 valence electrons. The lowest BCUT2D eigenvalue weighted by Gasteiger charge is -2.12. The first-order valence-corrected chi connectivity index (χ1v) is 8.18. The van der Waals surface area contributed by atoms with Crippen molar-refractivity contribution in [2.24, 2.45) is 0 Å². The molecule has 0 spiro atoms. The monoisotopic (exact) mass is 465 g/mol. The largest absolute Gasteiger partial charge is 0.378 e. The van der Waals surface area contributed by atoms with Crippen molar-refractivity contribution in [3.8, 4) is 11.4 Å². The van der Waals surface area contributed by atoms with E-state index in [-0.39, 0.29) is 5.82 Å². The highest BCUT2D eigenvalue weighted by molar-refractivity contribution is 14.1. The van der Waals surface area contributed by atoms with E-state index in [1.807, 2.05) is 6.92 Å². The molecule has 0 unspecified atom stereocenters. The lowest BCUT2D eigenvalue weighted by Crippen LogP contribution is -2.08. The van der Waals surface area contributed by atoms with Crippen LogP contribution in [-0.4, -0.2) is 23.6 Å². The predicted molar refractivity (Wildman–Crippen MR) is 92.7 cm³/mol. The van der Waals surface area contributed by atoms with Crippen molar-refractivity contribution >= 4 is 44.3 Å². The molecule has 1 N–H and O–H groups in total. The molecule has 2 aromatic rings. The number of anilines is 1. The van der Waals surface area contributed by atoms with Gasteiger partial charge in [0.2, 0.25) is 0 Å². The van der Waals surface area contributed by atoms with Gasteiger partial charge in [0.05, 0.1) is 15.9 Å². The van der Waals surface area contributed by atoms with E-state index in [2.05, 4.69) is 53.8 Å². The molecule has 0 fully saturated rings. The number of ether oxygens (including phenoxy) is 1. The summed E-state index contributed by atoms with van der Waals surface area (Å²) >= 11 is 5.47. The molecule has 0 aliphatic rings. The van der Waals surface area contributed by atoms with Gasteiger partial charge in [0.25, 0.3) is 0 Å². The van der Waals surface area contributed by atoms with Crippen LogP contribution >= 0.6 is 38.5 Å². The summed E-state index contributed by atoms with van der Waals surface area (Å²) in [6.07, 6.45) is 0. The Labute approximate surface area is 144 Å². The summed E-state index contributed by atoms with van der Waals surface area (Å²) in [5.41, 5.74) is 1.40. The summed E-state index contributed by atoms with van der Waals surface area (Å²) < 4.78 is 20.3. The van der Waals surface area contributed by atoms with Crippen molar-refractivity contribution in [2.45, 2.75) is 13.5 Å². The van der Waals surface area contributed by atoms with Crippen molar-refractivity contribution in [2.75, 3.05) is 19.0 Å². The number of aromatic nitrogens is 2. The molecular weight excluding hydrogens is 452 g/mol. The van der Waals surface area contributed by atoms with Gasteiger partial charge in [0.1, 0.15) is 11.6 Å². The molecule has 2 rings (SSSR count). The molecule has 0 saturated carbocycles. The lowest BCUT2D eigenvalue weighted by molar-refractivity contribution is 0.181. The smallest absolute Gasteiger partial charge is 0.162 e.